The number of likely N-dealkylation sites (tertiary alicyclic amines) is 1. The maximum Gasteiger partial charge on any atom is 0.100 e. The van der Waals surface area contributed by atoms with Crippen molar-refractivity contribution in [2.24, 2.45) is 0 Å². The predicted molar refractivity (Wildman–Crippen MR) is 54.2 cm³/mol. The fourth-order valence-corrected chi connectivity index (χ4v) is 1.65. The Morgan fingerprint density at radius 3 is 2.57 bits per heavy atom. The molecule has 84 valence electrons. The van der Waals surface area contributed by atoms with E-state index in [0.29, 0.717) is 6.61 Å². The van der Waals surface area contributed by atoms with Gasteiger partial charge >= 0.3 is 0 Å². The van der Waals surface area contributed by atoms with Crippen LogP contribution in [0.4, 0.5) is 0 Å². The highest BCUT2D eigenvalue weighted by Gasteiger charge is 2.09. The first-order chi connectivity index (χ1) is 6.83. The lowest BCUT2D eigenvalue weighted by Gasteiger charge is -2.26. The molecule has 1 atom stereocenters. The Balaban J connectivity index is 1.92. The van der Waals surface area contributed by atoms with Gasteiger partial charge in [0.2, 0.25) is 0 Å². The van der Waals surface area contributed by atoms with E-state index in [9.17, 15) is 0 Å². The van der Waals surface area contributed by atoms with Crippen LogP contribution >= 0.6 is 0 Å². The lowest BCUT2D eigenvalue weighted by molar-refractivity contribution is -0.000641. The van der Waals surface area contributed by atoms with Crippen molar-refractivity contribution in [2.45, 2.75) is 25.4 Å². The summed E-state index contributed by atoms with van der Waals surface area (Å²) in [6.45, 7) is 3.96. The van der Waals surface area contributed by atoms with Gasteiger partial charge in [-0.2, -0.15) is 0 Å². The zero-order chi connectivity index (χ0) is 10.2. The van der Waals surface area contributed by atoms with E-state index in [0.717, 1.165) is 6.54 Å². The smallest absolute Gasteiger partial charge is 0.100 e. The summed E-state index contributed by atoms with van der Waals surface area (Å²) in [5.74, 6) is 0. The second kappa shape index (κ2) is 7.17. The molecular weight excluding hydrogens is 182 g/mol. The van der Waals surface area contributed by atoms with Crippen LogP contribution in [0, 0.1) is 0 Å². The number of hydrogen-bond donors (Lipinski definition) is 2. The van der Waals surface area contributed by atoms with Gasteiger partial charge in [-0.1, -0.05) is 6.42 Å². The number of rotatable bonds is 6. The molecule has 4 heteroatoms. The number of hydrogen-bond acceptors (Lipinski definition) is 4. The van der Waals surface area contributed by atoms with Gasteiger partial charge < -0.3 is 19.8 Å². The summed E-state index contributed by atoms with van der Waals surface area (Å²) in [5, 5.41) is 17.5. The highest BCUT2D eigenvalue weighted by atomic mass is 16.5. The minimum absolute atomic E-state index is 0.219. The molecule has 1 heterocycles. The SMILES string of the molecule is OCC(O)COCCN1CCCCC1. The maximum atomic E-state index is 9.01. The predicted octanol–water partition coefficient (Wildman–Crippen LogP) is -0.158. The lowest BCUT2D eigenvalue weighted by atomic mass is 10.1. The van der Waals surface area contributed by atoms with Gasteiger partial charge in [0.25, 0.3) is 0 Å². The highest BCUT2D eigenvalue weighted by Crippen LogP contribution is 2.07. The summed E-state index contributed by atoms with van der Waals surface area (Å²) in [6, 6.07) is 0. The Hall–Kier alpha value is -0.160. The van der Waals surface area contributed by atoms with E-state index in [4.69, 9.17) is 14.9 Å². The molecule has 0 aromatic carbocycles. The molecule has 2 N–H and O–H groups in total. The third-order valence-electron chi connectivity index (χ3n) is 2.52. The van der Waals surface area contributed by atoms with Crippen LogP contribution in [-0.4, -0.2) is 60.7 Å². The van der Waals surface area contributed by atoms with E-state index in [-0.39, 0.29) is 13.2 Å². The molecule has 0 radical (unpaired) electrons. The van der Waals surface area contributed by atoms with Crippen molar-refractivity contribution in [1.29, 1.82) is 0 Å². The van der Waals surface area contributed by atoms with Crippen LogP contribution in [0.2, 0.25) is 0 Å². The molecule has 0 bridgehead atoms. The molecule has 1 rings (SSSR count). The fourth-order valence-electron chi connectivity index (χ4n) is 1.65. The van der Waals surface area contributed by atoms with Crippen LogP contribution in [0.5, 0.6) is 0 Å². The fraction of sp³-hybridized carbons (Fsp3) is 1.00. The molecule has 1 unspecified atom stereocenters. The minimum Gasteiger partial charge on any atom is -0.394 e. The Kier molecular flexibility index (Phi) is 6.10. The number of aliphatic hydroxyl groups excluding tert-OH is 2. The molecule has 1 fully saturated rings. The quantitative estimate of drug-likeness (QED) is 0.589. The zero-order valence-corrected chi connectivity index (χ0v) is 8.69. The van der Waals surface area contributed by atoms with Gasteiger partial charge in [0.05, 0.1) is 19.8 Å². The first kappa shape index (κ1) is 11.9. The van der Waals surface area contributed by atoms with E-state index in [2.05, 4.69) is 4.90 Å². The minimum atomic E-state index is -0.726. The average molecular weight is 203 g/mol. The molecule has 0 amide bonds. The highest BCUT2D eigenvalue weighted by molar-refractivity contribution is 4.63. The Morgan fingerprint density at radius 1 is 1.21 bits per heavy atom. The monoisotopic (exact) mass is 203 g/mol. The van der Waals surface area contributed by atoms with Gasteiger partial charge in [-0.25, -0.2) is 0 Å². The molecule has 1 aliphatic rings. The molecule has 0 aromatic rings. The molecule has 0 aromatic heterocycles. The van der Waals surface area contributed by atoms with E-state index in [1.54, 1.807) is 0 Å². The summed E-state index contributed by atoms with van der Waals surface area (Å²) in [5.41, 5.74) is 0. The first-order valence-corrected chi connectivity index (χ1v) is 5.42. The van der Waals surface area contributed by atoms with Gasteiger partial charge in [-0.15, -0.1) is 0 Å². The maximum absolute atomic E-state index is 9.01. The van der Waals surface area contributed by atoms with E-state index in [1.165, 1.54) is 32.4 Å². The van der Waals surface area contributed by atoms with E-state index < -0.39 is 6.10 Å². The second-order valence-electron chi connectivity index (χ2n) is 3.81. The normalized spacial score (nSPS) is 21.0. The zero-order valence-electron chi connectivity index (χ0n) is 8.69. The Labute approximate surface area is 85.5 Å². The van der Waals surface area contributed by atoms with Gasteiger partial charge in [0, 0.05) is 6.54 Å². The Bertz CT molecular complexity index is 137. The molecule has 1 saturated heterocycles. The van der Waals surface area contributed by atoms with E-state index >= 15 is 0 Å². The summed E-state index contributed by atoms with van der Waals surface area (Å²) >= 11 is 0. The summed E-state index contributed by atoms with van der Waals surface area (Å²) < 4.78 is 5.24. The number of piperidine rings is 1. The van der Waals surface area contributed by atoms with Crippen molar-refractivity contribution in [3.05, 3.63) is 0 Å². The standard InChI is InChI=1S/C10H21NO3/c12-8-10(13)9-14-7-6-11-4-2-1-3-5-11/h10,12-13H,1-9H2. The molecule has 1 aliphatic heterocycles. The van der Waals surface area contributed by atoms with Crippen molar-refractivity contribution < 1.29 is 14.9 Å². The van der Waals surface area contributed by atoms with Gasteiger partial charge in [-0.05, 0) is 25.9 Å². The van der Waals surface area contributed by atoms with Gasteiger partial charge in [-0.3, -0.25) is 0 Å². The first-order valence-electron chi connectivity index (χ1n) is 5.42. The van der Waals surface area contributed by atoms with Crippen molar-refractivity contribution in [3.8, 4) is 0 Å². The van der Waals surface area contributed by atoms with Crippen LogP contribution in [0.1, 0.15) is 19.3 Å². The molecule has 14 heavy (non-hydrogen) atoms. The van der Waals surface area contributed by atoms with Gasteiger partial charge in [0.15, 0.2) is 0 Å². The van der Waals surface area contributed by atoms with Crippen LogP contribution in [0.25, 0.3) is 0 Å². The summed E-state index contributed by atoms with van der Waals surface area (Å²) in [6.07, 6.45) is 3.20. The largest absolute Gasteiger partial charge is 0.394 e. The molecule has 4 nitrogen and oxygen atoms in total. The van der Waals surface area contributed by atoms with Crippen molar-refractivity contribution >= 4 is 0 Å². The molecule has 0 aliphatic carbocycles. The van der Waals surface area contributed by atoms with Crippen LogP contribution in [0.3, 0.4) is 0 Å². The summed E-state index contributed by atoms with van der Waals surface area (Å²) in [7, 11) is 0. The van der Waals surface area contributed by atoms with Gasteiger partial charge in [0.1, 0.15) is 6.10 Å². The number of nitrogens with zero attached hydrogens (tertiary/aromatic N) is 1. The van der Waals surface area contributed by atoms with Crippen molar-refractivity contribution in [1.82, 2.24) is 4.90 Å². The van der Waals surface area contributed by atoms with Crippen LogP contribution < -0.4 is 0 Å². The topological polar surface area (TPSA) is 52.9 Å². The van der Waals surface area contributed by atoms with Crippen LogP contribution in [0.15, 0.2) is 0 Å². The third kappa shape index (κ3) is 4.91. The summed E-state index contributed by atoms with van der Waals surface area (Å²) in [4.78, 5) is 2.38. The van der Waals surface area contributed by atoms with Crippen LogP contribution in [-0.2, 0) is 4.74 Å². The number of aliphatic hydroxyl groups is 2. The molecule has 0 saturated carbocycles. The molecular formula is C10H21NO3. The second-order valence-corrected chi connectivity index (χ2v) is 3.81. The van der Waals surface area contributed by atoms with Crippen molar-refractivity contribution in [2.75, 3.05) is 39.5 Å². The lowest BCUT2D eigenvalue weighted by Crippen LogP contribution is -2.33. The van der Waals surface area contributed by atoms with E-state index in [1.807, 2.05) is 0 Å². The van der Waals surface area contributed by atoms with Crippen molar-refractivity contribution in [3.63, 3.8) is 0 Å². The Morgan fingerprint density at radius 2 is 1.93 bits per heavy atom. The number of ether oxygens (including phenoxy) is 1. The average Bonchev–Trinajstić information content (AvgIpc) is 2.25. The molecule has 0 spiro atoms. The third-order valence-corrected chi connectivity index (χ3v) is 2.52.